The van der Waals surface area contributed by atoms with Crippen molar-refractivity contribution in [2.75, 3.05) is 6.61 Å². The number of fused-ring (bicyclic) bond motifs is 1. The molecule has 2 saturated carbocycles. The van der Waals surface area contributed by atoms with E-state index in [1.54, 1.807) is 13.8 Å². The van der Waals surface area contributed by atoms with Crippen LogP contribution in [0.2, 0.25) is 0 Å². The molecule has 0 aromatic heterocycles. The Morgan fingerprint density at radius 1 is 1.26 bits per heavy atom. The van der Waals surface area contributed by atoms with Crippen molar-refractivity contribution in [2.45, 2.75) is 57.4 Å². The smallest absolute Gasteiger partial charge is 0.344 e. The highest BCUT2D eigenvalue weighted by molar-refractivity contribution is 7.90. The van der Waals surface area contributed by atoms with Crippen molar-refractivity contribution in [3.8, 4) is 0 Å². The number of carbonyl (C=O) groups is 2. The van der Waals surface area contributed by atoms with Crippen molar-refractivity contribution >= 4 is 22.0 Å². The third-order valence-corrected chi connectivity index (χ3v) is 7.53. The van der Waals surface area contributed by atoms with Gasteiger partial charge in [0.25, 0.3) is 0 Å². The summed E-state index contributed by atoms with van der Waals surface area (Å²) < 4.78 is 37.0. The van der Waals surface area contributed by atoms with Gasteiger partial charge in [-0.3, -0.25) is 4.79 Å². The topological polar surface area (TPSA) is 98.8 Å². The van der Waals surface area contributed by atoms with E-state index in [4.69, 9.17) is 9.47 Å². The maximum Gasteiger partial charge on any atom is 0.344 e. The Morgan fingerprint density at radius 2 is 1.96 bits per heavy atom. The molecule has 5 atom stereocenters. The van der Waals surface area contributed by atoms with Crippen LogP contribution in [-0.2, 0) is 29.1 Å². The van der Waals surface area contributed by atoms with Gasteiger partial charge >= 0.3 is 11.9 Å². The van der Waals surface area contributed by atoms with Crippen LogP contribution >= 0.6 is 0 Å². The average Bonchev–Trinajstić information content (AvgIpc) is 3.08. The first-order chi connectivity index (χ1) is 10.7. The summed E-state index contributed by atoms with van der Waals surface area (Å²) in [5.74, 6) is -0.951. The Kier molecular flexibility index (Phi) is 3.95. The fraction of sp³-hybridized carbons (Fsp3) is 0.867. The number of ether oxygens (including phenoxy) is 2. The molecule has 3 fully saturated rings. The summed E-state index contributed by atoms with van der Waals surface area (Å²) >= 11 is 0. The number of nitrogens with one attached hydrogen (secondary N) is 1. The minimum atomic E-state index is -3.28. The van der Waals surface area contributed by atoms with Gasteiger partial charge in [0.2, 0.25) is 10.0 Å². The zero-order valence-corrected chi connectivity index (χ0v) is 14.4. The van der Waals surface area contributed by atoms with Crippen LogP contribution in [0, 0.1) is 17.3 Å². The van der Waals surface area contributed by atoms with Crippen LogP contribution in [0.1, 0.15) is 40.0 Å². The van der Waals surface area contributed by atoms with Crippen LogP contribution in [-0.4, -0.2) is 44.4 Å². The molecule has 2 aliphatic carbocycles. The molecule has 5 unspecified atom stereocenters. The van der Waals surface area contributed by atoms with Gasteiger partial charge < -0.3 is 9.47 Å². The van der Waals surface area contributed by atoms with E-state index in [0.29, 0.717) is 12.8 Å². The number of hydrogen-bond acceptors (Lipinski definition) is 6. The Labute approximate surface area is 136 Å². The van der Waals surface area contributed by atoms with Crippen LogP contribution in [0.3, 0.4) is 0 Å². The maximum atomic E-state index is 12.0. The molecule has 2 bridgehead atoms. The van der Waals surface area contributed by atoms with Gasteiger partial charge in [0.15, 0.2) is 6.61 Å². The number of hydrogen-bond donors (Lipinski definition) is 1. The largest absolute Gasteiger partial charge is 0.458 e. The van der Waals surface area contributed by atoms with Crippen LogP contribution in [0.15, 0.2) is 0 Å². The van der Waals surface area contributed by atoms with E-state index in [1.807, 2.05) is 6.92 Å². The highest BCUT2D eigenvalue weighted by Crippen LogP contribution is 2.52. The van der Waals surface area contributed by atoms with E-state index in [1.165, 1.54) is 0 Å². The second-order valence-electron chi connectivity index (χ2n) is 7.39. The fourth-order valence-electron chi connectivity index (χ4n) is 3.86. The van der Waals surface area contributed by atoms with Crippen LogP contribution in [0.25, 0.3) is 0 Å². The van der Waals surface area contributed by atoms with E-state index in [9.17, 15) is 18.0 Å². The molecule has 8 heteroatoms. The van der Waals surface area contributed by atoms with E-state index >= 15 is 0 Å². The van der Waals surface area contributed by atoms with Gasteiger partial charge in [0.1, 0.15) is 6.10 Å². The normalized spacial score (nSPS) is 36.9. The summed E-state index contributed by atoms with van der Waals surface area (Å²) in [7, 11) is -3.28. The summed E-state index contributed by atoms with van der Waals surface area (Å²) in [6.45, 7) is 4.95. The lowest BCUT2D eigenvalue weighted by Crippen LogP contribution is -2.42. The standard InChI is InChI=1S/C15H23NO6S/c1-4-15(2,3)14(18)21-7-11(17)22-13-8-5-9-10(6-8)23(19,20)16-12(9)13/h8-10,12-13,16H,4-7H2,1-3H3. The second-order valence-corrected chi connectivity index (χ2v) is 9.32. The van der Waals surface area contributed by atoms with Crippen molar-refractivity contribution in [1.82, 2.24) is 4.72 Å². The molecule has 0 radical (unpaired) electrons. The molecule has 0 amide bonds. The van der Waals surface area contributed by atoms with Crippen molar-refractivity contribution in [3.63, 3.8) is 0 Å². The Hall–Kier alpha value is -1.15. The maximum absolute atomic E-state index is 12.0. The molecule has 1 aliphatic heterocycles. The first-order valence-corrected chi connectivity index (χ1v) is 9.58. The molecular formula is C15H23NO6S. The van der Waals surface area contributed by atoms with Crippen molar-refractivity contribution in [3.05, 3.63) is 0 Å². The highest BCUT2D eigenvalue weighted by Gasteiger charge is 2.63. The zero-order valence-electron chi connectivity index (χ0n) is 13.6. The lowest BCUT2D eigenvalue weighted by atomic mass is 9.91. The lowest BCUT2D eigenvalue weighted by Gasteiger charge is -2.26. The number of sulfonamides is 1. The third kappa shape index (κ3) is 2.76. The van der Waals surface area contributed by atoms with Gasteiger partial charge in [-0.2, -0.15) is 0 Å². The third-order valence-electron chi connectivity index (χ3n) is 5.59. The summed E-state index contributed by atoms with van der Waals surface area (Å²) in [6, 6.07) is -0.324. The summed E-state index contributed by atoms with van der Waals surface area (Å²) in [5.41, 5.74) is -0.638. The quantitative estimate of drug-likeness (QED) is 0.732. The number of carbonyl (C=O) groups excluding carboxylic acids is 2. The van der Waals surface area contributed by atoms with Crippen molar-refractivity contribution in [2.24, 2.45) is 17.3 Å². The molecule has 0 aromatic rings. The number of esters is 2. The molecule has 3 aliphatic rings. The van der Waals surface area contributed by atoms with E-state index in [-0.39, 0.29) is 23.1 Å². The molecule has 0 aromatic carbocycles. The molecule has 0 spiro atoms. The summed E-state index contributed by atoms with van der Waals surface area (Å²) in [6.07, 6.45) is 1.47. The van der Waals surface area contributed by atoms with Crippen molar-refractivity contribution in [1.29, 1.82) is 0 Å². The molecule has 1 N–H and O–H groups in total. The molecule has 1 saturated heterocycles. The fourth-order valence-corrected chi connectivity index (χ4v) is 5.97. The van der Waals surface area contributed by atoms with Crippen LogP contribution in [0.4, 0.5) is 0 Å². The monoisotopic (exact) mass is 345 g/mol. The zero-order chi connectivity index (χ0) is 17.0. The number of rotatable bonds is 5. The predicted molar refractivity (Wildman–Crippen MR) is 80.8 cm³/mol. The predicted octanol–water partition coefficient (Wildman–Crippen LogP) is 0.588. The summed E-state index contributed by atoms with van der Waals surface area (Å²) in [5, 5.41) is -0.337. The second kappa shape index (κ2) is 5.44. The van der Waals surface area contributed by atoms with Crippen LogP contribution in [0.5, 0.6) is 0 Å². The Morgan fingerprint density at radius 3 is 2.61 bits per heavy atom. The van der Waals surface area contributed by atoms with Gasteiger partial charge in [-0.1, -0.05) is 6.92 Å². The first kappa shape index (κ1) is 16.7. The SMILES string of the molecule is CCC(C)(C)C(=O)OCC(=O)OC1C2CC3C1NS(=O)(=O)C3C2. The van der Waals surface area contributed by atoms with Crippen molar-refractivity contribution < 1.29 is 27.5 Å². The van der Waals surface area contributed by atoms with E-state index in [0.717, 1.165) is 6.42 Å². The first-order valence-electron chi connectivity index (χ1n) is 8.03. The molecular weight excluding hydrogens is 322 g/mol. The average molecular weight is 345 g/mol. The minimum Gasteiger partial charge on any atom is -0.458 e. The van der Waals surface area contributed by atoms with Gasteiger partial charge in [0, 0.05) is 0 Å². The van der Waals surface area contributed by atoms with Gasteiger partial charge in [-0.15, -0.1) is 0 Å². The molecule has 3 rings (SSSR count). The van der Waals surface area contributed by atoms with Gasteiger partial charge in [-0.05, 0) is 44.9 Å². The van der Waals surface area contributed by atoms with Crippen LogP contribution < -0.4 is 4.72 Å². The Balaban J connectivity index is 1.55. The Bertz CT molecular complexity index is 628. The molecule has 1 heterocycles. The van der Waals surface area contributed by atoms with E-state index < -0.39 is 40.1 Å². The summed E-state index contributed by atoms with van der Waals surface area (Å²) in [4.78, 5) is 23.8. The molecule has 23 heavy (non-hydrogen) atoms. The minimum absolute atomic E-state index is 0.0318. The van der Waals surface area contributed by atoms with E-state index in [2.05, 4.69) is 4.72 Å². The van der Waals surface area contributed by atoms with Gasteiger partial charge in [0.05, 0.1) is 16.7 Å². The van der Waals surface area contributed by atoms with Gasteiger partial charge in [-0.25, -0.2) is 17.9 Å². The highest BCUT2D eigenvalue weighted by atomic mass is 32.2. The lowest BCUT2D eigenvalue weighted by molar-refractivity contribution is -0.169. The molecule has 7 nitrogen and oxygen atoms in total. The molecule has 130 valence electrons.